The van der Waals surface area contributed by atoms with E-state index in [0.29, 0.717) is 43.5 Å². The van der Waals surface area contributed by atoms with Crippen molar-refractivity contribution in [2.75, 3.05) is 43.4 Å². The SMILES string of the molecule is O=C(NC1=NCCS1)c1cccc(S(=O)(=O)N2CCN(c3ccccc3)CC2)c1. The second-order valence-corrected chi connectivity index (χ2v) is 9.77. The topological polar surface area (TPSA) is 82.1 Å². The maximum absolute atomic E-state index is 13.1. The van der Waals surface area contributed by atoms with Gasteiger partial charge in [-0.3, -0.25) is 9.79 Å². The van der Waals surface area contributed by atoms with Crippen LogP contribution in [0.3, 0.4) is 0 Å². The number of para-hydroxylation sites is 1. The molecule has 0 unspecified atom stereocenters. The predicted molar refractivity (Wildman–Crippen MR) is 116 cm³/mol. The quantitative estimate of drug-likeness (QED) is 0.803. The van der Waals surface area contributed by atoms with Crippen molar-refractivity contribution in [1.82, 2.24) is 9.62 Å². The van der Waals surface area contributed by atoms with Crippen molar-refractivity contribution < 1.29 is 13.2 Å². The molecule has 9 heteroatoms. The predicted octanol–water partition coefficient (Wildman–Crippen LogP) is 2.03. The molecule has 1 fully saturated rings. The van der Waals surface area contributed by atoms with Crippen LogP contribution in [0.4, 0.5) is 5.69 Å². The van der Waals surface area contributed by atoms with Crippen molar-refractivity contribution in [2.24, 2.45) is 4.99 Å². The maximum Gasteiger partial charge on any atom is 0.257 e. The van der Waals surface area contributed by atoms with E-state index < -0.39 is 10.0 Å². The Kier molecular flexibility index (Phi) is 5.89. The Morgan fingerprint density at radius 2 is 1.76 bits per heavy atom. The molecular formula is C20H22N4O3S2. The molecule has 0 bridgehead atoms. The summed E-state index contributed by atoms with van der Waals surface area (Å²) >= 11 is 1.48. The zero-order chi connectivity index (χ0) is 20.3. The van der Waals surface area contributed by atoms with E-state index in [1.165, 1.54) is 28.2 Å². The maximum atomic E-state index is 13.1. The molecule has 1 N–H and O–H groups in total. The minimum Gasteiger partial charge on any atom is -0.369 e. The van der Waals surface area contributed by atoms with E-state index in [9.17, 15) is 13.2 Å². The van der Waals surface area contributed by atoms with Gasteiger partial charge in [-0.1, -0.05) is 36.0 Å². The van der Waals surface area contributed by atoms with Gasteiger partial charge >= 0.3 is 0 Å². The van der Waals surface area contributed by atoms with Crippen LogP contribution in [-0.2, 0) is 10.0 Å². The molecule has 1 saturated heterocycles. The molecule has 2 aliphatic heterocycles. The molecule has 0 spiro atoms. The molecule has 152 valence electrons. The average molecular weight is 431 g/mol. The third-order valence-corrected chi connectivity index (χ3v) is 7.69. The normalized spacial score (nSPS) is 17.8. The van der Waals surface area contributed by atoms with Crippen molar-refractivity contribution in [2.45, 2.75) is 4.90 Å². The molecule has 0 atom stereocenters. The van der Waals surface area contributed by atoms with Crippen LogP contribution in [0.1, 0.15) is 10.4 Å². The highest BCUT2D eigenvalue weighted by atomic mass is 32.2. The van der Waals surface area contributed by atoms with Crippen molar-refractivity contribution in [3.05, 3.63) is 60.2 Å². The second-order valence-electron chi connectivity index (χ2n) is 6.74. The fourth-order valence-electron chi connectivity index (χ4n) is 3.35. The number of anilines is 1. The first-order chi connectivity index (χ1) is 14.0. The zero-order valence-corrected chi connectivity index (χ0v) is 17.5. The van der Waals surface area contributed by atoms with Gasteiger partial charge in [-0.25, -0.2) is 8.42 Å². The number of nitrogens with zero attached hydrogens (tertiary/aromatic N) is 3. The molecule has 0 aromatic heterocycles. The summed E-state index contributed by atoms with van der Waals surface area (Å²) in [6, 6.07) is 16.2. The summed E-state index contributed by atoms with van der Waals surface area (Å²) in [6.07, 6.45) is 0. The zero-order valence-electron chi connectivity index (χ0n) is 15.8. The van der Waals surface area contributed by atoms with Gasteiger partial charge in [0.15, 0.2) is 5.17 Å². The highest BCUT2D eigenvalue weighted by Crippen LogP contribution is 2.22. The summed E-state index contributed by atoms with van der Waals surface area (Å²) in [5.41, 5.74) is 1.40. The Morgan fingerprint density at radius 1 is 1.00 bits per heavy atom. The van der Waals surface area contributed by atoms with Gasteiger partial charge in [-0.05, 0) is 30.3 Å². The van der Waals surface area contributed by atoms with Gasteiger partial charge in [0, 0.05) is 43.2 Å². The number of rotatable bonds is 4. The molecule has 0 aliphatic carbocycles. The van der Waals surface area contributed by atoms with Crippen LogP contribution in [0.25, 0.3) is 0 Å². The van der Waals surface area contributed by atoms with Gasteiger partial charge in [-0.15, -0.1) is 0 Å². The second kappa shape index (κ2) is 8.56. The first kappa shape index (κ1) is 19.9. The van der Waals surface area contributed by atoms with E-state index in [1.54, 1.807) is 12.1 Å². The largest absolute Gasteiger partial charge is 0.369 e. The molecule has 7 nitrogen and oxygen atoms in total. The minimum absolute atomic E-state index is 0.138. The standard InChI is InChI=1S/C20H22N4O3S2/c25-19(22-20-21-9-14-28-20)16-5-4-8-18(15-16)29(26,27)24-12-10-23(11-13-24)17-6-2-1-3-7-17/h1-8,15H,9-14H2,(H,21,22,25). The molecule has 2 aliphatic rings. The number of piperazine rings is 1. The number of carbonyl (C=O) groups excluding carboxylic acids is 1. The Balaban J connectivity index is 1.45. The lowest BCUT2D eigenvalue weighted by atomic mass is 10.2. The molecule has 0 radical (unpaired) electrons. The van der Waals surface area contributed by atoms with Gasteiger partial charge in [0.05, 0.1) is 11.4 Å². The number of amides is 1. The van der Waals surface area contributed by atoms with Gasteiger partial charge in [0.2, 0.25) is 10.0 Å². The number of sulfonamides is 1. The fourth-order valence-corrected chi connectivity index (χ4v) is 5.54. The van der Waals surface area contributed by atoms with Crippen LogP contribution >= 0.6 is 11.8 Å². The number of nitrogens with one attached hydrogen (secondary N) is 1. The molecule has 2 aromatic carbocycles. The van der Waals surface area contributed by atoms with Gasteiger partial charge < -0.3 is 10.2 Å². The highest BCUT2D eigenvalue weighted by molar-refractivity contribution is 8.14. The first-order valence-electron chi connectivity index (χ1n) is 9.43. The van der Waals surface area contributed by atoms with Crippen LogP contribution in [0.2, 0.25) is 0 Å². The van der Waals surface area contributed by atoms with Crippen LogP contribution in [-0.4, -0.2) is 62.3 Å². The summed E-state index contributed by atoms with van der Waals surface area (Å²) in [5, 5.41) is 3.32. The smallest absolute Gasteiger partial charge is 0.257 e. The average Bonchev–Trinajstić information content (AvgIpc) is 3.27. The Bertz CT molecular complexity index is 1020. The summed E-state index contributed by atoms with van der Waals surface area (Å²) < 4.78 is 27.7. The van der Waals surface area contributed by atoms with Gasteiger partial charge in [0.1, 0.15) is 0 Å². The number of aliphatic imine (C=N–C) groups is 1. The Morgan fingerprint density at radius 3 is 2.45 bits per heavy atom. The number of thioether (sulfide) groups is 1. The van der Waals surface area contributed by atoms with Crippen molar-refractivity contribution in [3.8, 4) is 0 Å². The van der Waals surface area contributed by atoms with Crippen LogP contribution in [0.5, 0.6) is 0 Å². The van der Waals surface area contributed by atoms with E-state index in [2.05, 4.69) is 15.2 Å². The van der Waals surface area contributed by atoms with Crippen molar-refractivity contribution >= 4 is 38.5 Å². The lowest BCUT2D eigenvalue weighted by Crippen LogP contribution is -2.48. The number of hydrogen-bond donors (Lipinski definition) is 1. The molecule has 1 amide bonds. The van der Waals surface area contributed by atoms with Crippen LogP contribution < -0.4 is 10.2 Å². The number of hydrogen-bond acceptors (Lipinski definition) is 6. The van der Waals surface area contributed by atoms with Gasteiger partial charge in [-0.2, -0.15) is 4.31 Å². The van der Waals surface area contributed by atoms with Crippen molar-refractivity contribution in [1.29, 1.82) is 0 Å². The van der Waals surface area contributed by atoms with Crippen LogP contribution in [0.15, 0.2) is 64.5 Å². The highest BCUT2D eigenvalue weighted by Gasteiger charge is 2.29. The summed E-state index contributed by atoms with van der Waals surface area (Å²) in [5.74, 6) is 0.503. The third kappa shape index (κ3) is 4.47. The lowest BCUT2D eigenvalue weighted by molar-refractivity contribution is 0.0977. The molecule has 0 saturated carbocycles. The third-order valence-electron chi connectivity index (χ3n) is 4.90. The minimum atomic E-state index is -3.66. The Labute approximate surface area is 174 Å². The fraction of sp³-hybridized carbons (Fsp3) is 0.300. The van der Waals surface area contributed by atoms with E-state index in [1.807, 2.05) is 30.3 Å². The summed E-state index contributed by atoms with van der Waals surface area (Å²) in [7, 11) is -3.66. The Hall–Kier alpha value is -2.36. The van der Waals surface area contributed by atoms with E-state index in [0.717, 1.165) is 11.4 Å². The number of carbonyl (C=O) groups is 1. The van der Waals surface area contributed by atoms with Gasteiger partial charge in [0.25, 0.3) is 5.91 Å². The number of amidine groups is 1. The molecular weight excluding hydrogens is 408 g/mol. The molecule has 29 heavy (non-hydrogen) atoms. The lowest BCUT2D eigenvalue weighted by Gasteiger charge is -2.35. The summed E-state index contributed by atoms with van der Waals surface area (Å²) in [6.45, 7) is 2.74. The molecule has 4 rings (SSSR count). The summed E-state index contributed by atoms with van der Waals surface area (Å²) in [4.78, 5) is 18.9. The number of benzene rings is 2. The molecule has 2 aromatic rings. The van der Waals surface area contributed by atoms with E-state index in [-0.39, 0.29) is 10.8 Å². The monoisotopic (exact) mass is 430 g/mol. The van der Waals surface area contributed by atoms with E-state index in [4.69, 9.17) is 0 Å². The first-order valence-corrected chi connectivity index (χ1v) is 11.9. The van der Waals surface area contributed by atoms with Crippen molar-refractivity contribution in [3.63, 3.8) is 0 Å². The van der Waals surface area contributed by atoms with E-state index >= 15 is 0 Å². The van der Waals surface area contributed by atoms with Crippen LogP contribution in [0, 0.1) is 0 Å². The molecule has 2 heterocycles.